The van der Waals surface area contributed by atoms with Crippen molar-refractivity contribution in [1.82, 2.24) is 25.0 Å². The number of hydrogen-bond donors (Lipinski definition) is 1. The van der Waals surface area contributed by atoms with Crippen LogP contribution in [0.5, 0.6) is 11.6 Å². The van der Waals surface area contributed by atoms with Gasteiger partial charge in [-0.3, -0.25) is 0 Å². The first-order valence-electron chi connectivity index (χ1n) is 12.2. The van der Waals surface area contributed by atoms with Crippen molar-refractivity contribution in [3.8, 4) is 22.9 Å². The van der Waals surface area contributed by atoms with Crippen LogP contribution in [-0.4, -0.2) is 76.9 Å². The van der Waals surface area contributed by atoms with Gasteiger partial charge in [-0.15, -0.1) is 0 Å². The standard InChI is InChI=1S/C27H33N5O3S.H2/c1-36(2)16-15-33-20-32-25(7-9-30-32)21-3-6-27(29-18-21)35-23-4-5-24-22(19-34-26(24)17-23)8-12-31-13-10-28-11-14-31;/h3-7,9,17-19,28H,1,8,10-16,20H2,2H3;1H/t36-;/m0./s1. The Kier molecular flexibility index (Phi) is 8.12. The Balaban J connectivity index is 0.00000320. The van der Waals surface area contributed by atoms with Gasteiger partial charge in [-0.1, -0.05) is 5.87 Å². The Hall–Kier alpha value is -2.98. The third-order valence-electron chi connectivity index (χ3n) is 6.29. The molecule has 9 heteroatoms. The van der Waals surface area contributed by atoms with Crippen LogP contribution in [0.2, 0.25) is 0 Å². The van der Waals surface area contributed by atoms with Crippen LogP contribution >= 0.6 is 10.5 Å². The first kappa shape index (κ1) is 24.7. The van der Waals surface area contributed by atoms with Crippen molar-refractivity contribution in [2.24, 2.45) is 0 Å². The van der Waals surface area contributed by atoms with Crippen LogP contribution in [-0.2, 0) is 17.9 Å². The number of benzene rings is 1. The van der Waals surface area contributed by atoms with E-state index in [1.54, 1.807) is 12.4 Å². The van der Waals surface area contributed by atoms with E-state index in [1.807, 2.05) is 41.3 Å². The zero-order valence-electron chi connectivity index (χ0n) is 20.7. The maximum Gasteiger partial charge on any atom is 0.219 e. The van der Waals surface area contributed by atoms with E-state index in [2.05, 4.69) is 38.5 Å². The lowest BCUT2D eigenvalue weighted by Crippen LogP contribution is -2.44. The van der Waals surface area contributed by atoms with Crippen molar-refractivity contribution in [1.29, 1.82) is 0 Å². The van der Waals surface area contributed by atoms with E-state index in [0.717, 1.165) is 67.1 Å². The van der Waals surface area contributed by atoms with Gasteiger partial charge in [-0.25, -0.2) is 9.67 Å². The molecule has 1 saturated heterocycles. The first-order valence-corrected chi connectivity index (χ1v) is 14.2. The van der Waals surface area contributed by atoms with Crippen molar-refractivity contribution in [2.45, 2.75) is 13.2 Å². The SMILES string of the molecule is C=[S@@](C)CCOCn1nccc1-c1ccc(Oc2ccc3c(CCN4CCNCC4)coc3c2)nc1.[HH]. The fourth-order valence-electron chi connectivity index (χ4n) is 4.28. The summed E-state index contributed by atoms with van der Waals surface area (Å²) in [5.41, 5.74) is 3.97. The predicted octanol–water partition coefficient (Wildman–Crippen LogP) is 4.48. The molecule has 1 N–H and O–H groups in total. The minimum Gasteiger partial charge on any atom is -0.464 e. The van der Waals surface area contributed by atoms with Gasteiger partial charge >= 0.3 is 0 Å². The van der Waals surface area contributed by atoms with E-state index < -0.39 is 0 Å². The quantitative estimate of drug-likeness (QED) is 0.236. The Bertz CT molecular complexity index is 1300. The molecule has 1 fully saturated rings. The largest absolute Gasteiger partial charge is 0.464 e. The van der Waals surface area contributed by atoms with Crippen LogP contribution in [0.1, 0.15) is 6.99 Å². The van der Waals surface area contributed by atoms with Crippen LogP contribution in [0.25, 0.3) is 22.2 Å². The summed E-state index contributed by atoms with van der Waals surface area (Å²) in [5, 5.41) is 8.91. The first-order chi connectivity index (χ1) is 17.7. The minimum atomic E-state index is 0. The molecule has 0 aliphatic carbocycles. The summed E-state index contributed by atoms with van der Waals surface area (Å²) in [6.45, 7) is 6.46. The molecule has 0 bridgehead atoms. The average Bonchev–Trinajstić information content (AvgIpc) is 3.53. The monoisotopic (exact) mass is 509 g/mol. The minimum absolute atomic E-state index is 0. The molecule has 0 spiro atoms. The molecule has 192 valence electrons. The zero-order valence-corrected chi connectivity index (χ0v) is 21.5. The Labute approximate surface area is 215 Å². The van der Waals surface area contributed by atoms with Gasteiger partial charge in [0.1, 0.15) is 18.1 Å². The van der Waals surface area contributed by atoms with Crippen molar-refractivity contribution in [3.63, 3.8) is 0 Å². The number of pyridine rings is 1. The molecule has 0 radical (unpaired) electrons. The number of piperazine rings is 1. The van der Waals surface area contributed by atoms with Gasteiger partial charge in [0.2, 0.25) is 5.88 Å². The summed E-state index contributed by atoms with van der Waals surface area (Å²) in [6.07, 6.45) is 8.52. The molecule has 4 heterocycles. The van der Waals surface area contributed by atoms with Crippen molar-refractivity contribution < 1.29 is 15.3 Å². The predicted molar refractivity (Wildman–Crippen MR) is 148 cm³/mol. The number of nitrogens with one attached hydrogen (secondary N) is 1. The molecule has 0 unspecified atom stereocenters. The summed E-state index contributed by atoms with van der Waals surface area (Å²) in [7, 11) is 0.128. The molecule has 1 aliphatic heterocycles. The number of rotatable bonds is 11. The van der Waals surface area contributed by atoms with Gasteiger partial charge in [0, 0.05) is 75.4 Å². The molecule has 1 aliphatic rings. The number of furan rings is 1. The van der Waals surface area contributed by atoms with E-state index in [4.69, 9.17) is 13.9 Å². The molecular formula is C27H35N5O3S. The molecule has 36 heavy (non-hydrogen) atoms. The fraction of sp³-hybridized carbons (Fsp3) is 0.370. The number of nitrogens with zero attached hydrogens (tertiary/aromatic N) is 4. The second kappa shape index (κ2) is 11.8. The van der Waals surface area contributed by atoms with E-state index in [-0.39, 0.29) is 11.9 Å². The highest BCUT2D eigenvalue weighted by Gasteiger charge is 2.13. The second-order valence-corrected chi connectivity index (χ2v) is 11.0. The zero-order chi connectivity index (χ0) is 24.7. The van der Waals surface area contributed by atoms with Gasteiger partial charge in [0.25, 0.3) is 0 Å². The van der Waals surface area contributed by atoms with Gasteiger partial charge in [-0.05, 0) is 42.5 Å². The van der Waals surface area contributed by atoms with Crippen LogP contribution in [0.4, 0.5) is 0 Å². The molecule has 0 amide bonds. The number of aromatic nitrogens is 3. The normalized spacial score (nSPS) is 15.4. The highest BCUT2D eigenvalue weighted by atomic mass is 32.2. The van der Waals surface area contributed by atoms with Gasteiger partial charge in [0.05, 0.1) is 18.6 Å². The highest BCUT2D eigenvalue weighted by Crippen LogP contribution is 2.29. The molecule has 3 aromatic heterocycles. The highest BCUT2D eigenvalue weighted by molar-refractivity contribution is 8.13. The fourth-order valence-corrected chi connectivity index (χ4v) is 4.68. The lowest BCUT2D eigenvalue weighted by molar-refractivity contribution is 0.0824. The lowest BCUT2D eigenvalue weighted by Gasteiger charge is -2.26. The van der Waals surface area contributed by atoms with E-state index in [0.29, 0.717) is 25.0 Å². The lowest BCUT2D eigenvalue weighted by atomic mass is 10.1. The Morgan fingerprint density at radius 1 is 1.19 bits per heavy atom. The van der Waals surface area contributed by atoms with E-state index in [9.17, 15) is 0 Å². The van der Waals surface area contributed by atoms with Crippen LogP contribution in [0, 0.1) is 0 Å². The summed E-state index contributed by atoms with van der Waals surface area (Å²) >= 11 is 0. The van der Waals surface area contributed by atoms with Crippen LogP contribution in [0.3, 0.4) is 0 Å². The van der Waals surface area contributed by atoms with Crippen LogP contribution < -0.4 is 10.1 Å². The van der Waals surface area contributed by atoms with E-state index >= 15 is 0 Å². The third-order valence-corrected chi connectivity index (χ3v) is 7.16. The summed E-state index contributed by atoms with van der Waals surface area (Å²) < 4.78 is 19.4. The molecular weight excluding hydrogens is 474 g/mol. The number of ether oxygens (including phenoxy) is 2. The number of fused-ring (bicyclic) bond motifs is 1. The van der Waals surface area contributed by atoms with Gasteiger partial charge in [-0.2, -0.15) is 15.6 Å². The van der Waals surface area contributed by atoms with Crippen LogP contribution in [0.15, 0.2) is 59.5 Å². The number of hydrogen-bond acceptors (Lipinski definition) is 7. The average molecular weight is 510 g/mol. The van der Waals surface area contributed by atoms with Gasteiger partial charge in [0.15, 0.2) is 0 Å². The summed E-state index contributed by atoms with van der Waals surface area (Å²) in [4.78, 5) is 7.00. The van der Waals surface area contributed by atoms with Crippen molar-refractivity contribution in [2.75, 3.05) is 51.3 Å². The molecule has 1 atom stereocenters. The topological polar surface area (TPSA) is 77.6 Å². The molecule has 8 nitrogen and oxygen atoms in total. The molecule has 4 aromatic rings. The summed E-state index contributed by atoms with van der Waals surface area (Å²) in [5.74, 6) is 6.19. The molecule has 5 rings (SSSR count). The molecule has 0 saturated carbocycles. The molecule has 1 aromatic carbocycles. The van der Waals surface area contributed by atoms with Gasteiger partial charge < -0.3 is 24.1 Å². The summed E-state index contributed by atoms with van der Waals surface area (Å²) in [6, 6.07) is 11.8. The maximum absolute atomic E-state index is 6.02. The smallest absolute Gasteiger partial charge is 0.219 e. The Morgan fingerprint density at radius 2 is 2.08 bits per heavy atom. The maximum atomic E-state index is 6.02. The van der Waals surface area contributed by atoms with Crippen molar-refractivity contribution >= 4 is 27.3 Å². The van der Waals surface area contributed by atoms with Crippen molar-refractivity contribution in [3.05, 3.63) is 60.6 Å². The van der Waals surface area contributed by atoms with E-state index in [1.165, 1.54) is 5.56 Å². The third kappa shape index (κ3) is 6.22. The Morgan fingerprint density at radius 3 is 2.89 bits per heavy atom. The second-order valence-electron chi connectivity index (χ2n) is 8.99.